The number of alkyl halides is 3. The quantitative estimate of drug-likeness (QED) is 0.342. The molecule has 4 aromatic rings. The minimum atomic E-state index is -5.08. The lowest BCUT2D eigenvalue weighted by Gasteiger charge is -2.11. The Morgan fingerprint density at radius 3 is 2.23 bits per heavy atom. The van der Waals surface area contributed by atoms with Crippen LogP contribution in [0.2, 0.25) is 0 Å². The standard InChI is InChI=1S/C25H24N2O.C2HF3O2/c1-3-23-25(22-14-7-8-15-24(22)28-2)26-18-27(23)17-19-10-9-13-21(16-19)20-11-5-4-6-12-20;3-2(4,5)1(6)7/h4-16,18H,3,17H2,1-2H3;(H,6,7). The number of ether oxygens (including phenoxy) is 1. The molecule has 0 radical (unpaired) electrons. The van der Waals surface area contributed by atoms with Crippen molar-refractivity contribution in [2.45, 2.75) is 26.1 Å². The molecule has 0 saturated carbocycles. The molecule has 0 aliphatic rings. The molecule has 0 saturated heterocycles. The molecule has 1 N–H and O–H groups in total. The van der Waals surface area contributed by atoms with E-state index >= 15 is 0 Å². The lowest BCUT2D eigenvalue weighted by molar-refractivity contribution is -0.192. The molecule has 35 heavy (non-hydrogen) atoms. The van der Waals surface area contributed by atoms with E-state index in [1.165, 1.54) is 22.4 Å². The van der Waals surface area contributed by atoms with E-state index in [-0.39, 0.29) is 0 Å². The molecular formula is C27H25F3N2O3. The average Bonchev–Trinajstić information content (AvgIpc) is 3.26. The van der Waals surface area contributed by atoms with Gasteiger partial charge in [-0.3, -0.25) is 0 Å². The number of imidazole rings is 1. The van der Waals surface area contributed by atoms with E-state index in [0.717, 1.165) is 30.0 Å². The van der Waals surface area contributed by atoms with Crippen LogP contribution >= 0.6 is 0 Å². The average molecular weight is 483 g/mol. The Hall–Kier alpha value is -4.07. The minimum Gasteiger partial charge on any atom is -0.496 e. The fraction of sp³-hybridized carbons (Fsp3) is 0.185. The van der Waals surface area contributed by atoms with Crippen LogP contribution in [0.25, 0.3) is 22.4 Å². The Balaban J connectivity index is 0.000000429. The molecule has 0 unspecified atom stereocenters. The van der Waals surface area contributed by atoms with E-state index in [4.69, 9.17) is 19.6 Å². The second-order valence-corrected chi connectivity index (χ2v) is 7.59. The minimum absolute atomic E-state index is 0.798. The van der Waals surface area contributed by atoms with E-state index in [2.05, 4.69) is 66.1 Å². The second-order valence-electron chi connectivity index (χ2n) is 7.59. The highest BCUT2D eigenvalue weighted by atomic mass is 19.4. The molecule has 0 aliphatic heterocycles. The van der Waals surface area contributed by atoms with Crippen LogP contribution in [0.5, 0.6) is 5.75 Å². The predicted octanol–water partition coefficient (Wildman–Crippen LogP) is 6.47. The largest absolute Gasteiger partial charge is 0.496 e. The number of rotatable bonds is 6. The maximum atomic E-state index is 10.6. The molecule has 1 aromatic heterocycles. The van der Waals surface area contributed by atoms with Crippen LogP contribution in [0.3, 0.4) is 0 Å². The lowest BCUT2D eigenvalue weighted by atomic mass is 10.0. The van der Waals surface area contributed by atoms with E-state index in [1.54, 1.807) is 7.11 Å². The van der Waals surface area contributed by atoms with Gasteiger partial charge < -0.3 is 14.4 Å². The summed E-state index contributed by atoms with van der Waals surface area (Å²) in [6.07, 6.45) is -2.23. The number of hydrogen-bond donors (Lipinski definition) is 1. The third-order valence-corrected chi connectivity index (χ3v) is 5.27. The van der Waals surface area contributed by atoms with Crippen molar-refractivity contribution in [2.75, 3.05) is 7.11 Å². The highest BCUT2D eigenvalue weighted by molar-refractivity contribution is 5.73. The molecule has 3 aromatic carbocycles. The fourth-order valence-corrected chi connectivity index (χ4v) is 3.66. The van der Waals surface area contributed by atoms with Gasteiger partial charge in [0.25, 0.3) is 0 Å². The third kappa shape index (κ3) is 6.50. The van der Waals surface area contributed by atoms with Crippen molar-refractivity contribution in [3.63, 3.8) is 0 Å². The van der Waals surface area contributed by atoms with E-state index in [9.17, 15) is 13.2 Å². The molecule has 1 heterocycles. The maximum absolute atomic E-state index is 10.6. The van der Waals surface area contributed by atoms with Crippen molar-refractivity contribution in [3.8, 4) is 28.1 Å². The van der Waals surface area contributed by atoms with Gasteiger partial charge in [-0.15, -0.1) is 0 Å². The Kier molecular flexibility index (Phi) is 8.30. The zero-order valence-electron chi connectivity index (χ0n) is 19.3. The smallest absolute Gasteiger partial charge is 0.490 e. The van der Waals surface area contributed by atoms with E-state index in [1.807, 2.05) is 30.6 Å². The molecule has 0 bridgehead atoms. The van der Waals surface area contributed by atoms with Crippen LogP contribution in [-0.2, 0) is 17.8 Å². The Morgan fingerprint density at radius 2 is 1.60 bits per heavy atom. The maximum Gasteiger partial charge on any atom is 0.490 e. The highest BCUT2D eigenvalue weighted by Crippen LogP contribution is 2.31. The Bertz CT molecular complexity index is 1270. The number of aliphatic carboxylic acids is 1. The van der Waals surface area contributed by atoms with Gasteiger partial charge >= 0.3 is 12.1 Å². The van der Waals surface area contributed by atoms with Gasteiger partial charge in [0.05, 0.1) is 19.1 Å². The number of halogens is 3. The summed E-state index contributed by atoms with van der Waals surface area (Å²) in [7, 11) is 1.70. The van der Waals surface area contributed by atoms with Gasteiger partial charge in [-0.2, -0.15) is 13.2 Å². The number of aromatic nitrogens is 2. The molecule has 0 atom stereocenters. The molecule has 5 nitrogen and oxygen atoms in total. The van der Waals surface area contributed by atoms with Gasteiger partial charge in [0, 0.05) is 17.8 Å². The lowest BCUT2D eigenvalue weighted by Crippen LogP contribution is -2.21. The molecular weight excluding hydrogens is 457 g/mol. The van der Waals surface area contributed by atoms with Gasteiger partial charge in [0.1, 0.15) is 5.75 Å². The van der Waals surface area contributed by atoms with Crippen LogP contribution in [0.1, 0.15) is 18.2 Å². The van der Waals surface area contributed by atoms with Crippen LogP contribution in [0.15, 0.2) is 85.2 Å². The molecule has 4 rings (SSSR count). The fourth-order valence-electron chi connectivity index (χ4n) is 3.66. The van der Waals surface area contributed by atoms with E-state index < -0.39 is 12.1 Å². The number of methoxy groups -OCH3 is 1. The first-order chi connectivity index (χ1) is 16.7. The number of benzene rings is 3. The normalized spacial score (nSPS) is 10.9. The summed E-state index contributed by atoms with van der Waals surface area (Å²) < 4.78 is 39.5. The van der Waals surface area contributed by atoms with Gasteiger partial charge in [-0.1, -0.05) is 67.6 Å². The molecule has 0 aliphatic carbocycles. The summed E-state index contributed by atoms with van der Waals surface area (Å²) in [6, 6.07) is 27.3. The number of carboxylic acid groups (broad SMARTS) is 1. The summed E-state index contributed by atoms with van der Waals surface area (Å²) in [5.74, 6) is -1.90. The first-order valence-electron chi connectivity index (χ1n) is 10.9. The zero-order chi connectivity index (χ0) is 25.4. The van der Waals surface area contributed by atoms with Crippen molar-refractivity contribution >= 4 is 5.97 Å². The van der Waals surface area contributed by atoms with Crippen LogP contribution in [-0.4, -0.2) is 33.9 Å². The number of nitrogens with zero attached hydrogens (tertiary/aromatic N) is 2. The van der Waals surface area contributed by atoms with Crippen LogP contribution in [0, 0.1) is 0 Å². The molecule has 0 spiro atoms. The van der Waals surface area contributed by atoms with Crippen molar-refractivity contribution < 1.29 is 27.8 Å². The Labute approximate surface area is 201 Å². The summed E-state index contributed by atoms with van der Waals surface area (Å²) in [5, 5.41) is 7.12. The molecule has 182 valence electrons. The van der Waals surface area contributed by atoms with Crippen LogP contribution < -0.4 is 4.74 Å². The molecule has 0 fully saturated rings. The number of carbonyl (C=O) groups is 1. The van der Waals surface area contributed by atoms with E-state index in [0.29, 0.717) is 0 Å². The molecule has 8 heteroatoms. The topological polar surface area (TPSA) is 64.4 Å². The monoisotopic (exact) mass is 482 g/mol. The molecule has 0 amide bonds. The summed E-state index contributed by atoms with van der Waals surface area (Å²) in [4.78, 5) is 13.6. The third-order valence-electron chi connectivity index (χ3n) is 5.27. The summed E-state index contributed by atoms with van der Waals surface area (Å²) in [6.45, 7) is 2.97. The zero-order valence-corrected chi connectivity index (χ0v) is 19.3. The van der Waals surface area contributed by atoms with Gasteiger partial charge in [-0.05, 0) is 41.3 Å². The summed E-state index contributed by atoms with van der Waals surface area (Å²) >= 11 is 0. The SMILES string of the molecule is CCc1c(-c2ccccc2OC)ncn1Cc1cccc(-c2ccccc2)c1.O=C(O)C(F)(F)F. The van der Waals surface area contributed by atoms with Gasteiger partial charge in [-0.25, -0.2) is 9.78 Å². The number of para-hydroxylation sites is 1. The second kappa shape index (κ2) is 11.4. The first-order valence-corrected chi connectivity index (χ1v) is 10.9. The van der Waals surface area contributed by atoms with Crippen molar-refractivity contribution in [1.82, 2.24) is 9.55 Å². The van der Waals surface area contributed by atoms with Crippen molar-refractivity contribution in [2.24, 2.45) is 0 Å². The highest BCUT2D eigenvalue weighted by Gasteiger charge is 2.38. The Morgan fingerprint density at radius 1 is 0.971 bits per heavy atom. The van der Waals surface area contributed by atoms with Crippen molar-refractivity contribution in [1.29, 1.82) is 0 Å². The first kappa shape index (κ1) is 25.6. The van der Waals surface area contributed by atoms with Gasteiger partial charge in [0.2, 0.25) is 0 Å². The van der Waals surface area contributed by atoms with Crippen molar-refractivity contribution in [3.05, 3.63) is 96.4 Å². The number of carboxylic acids is 1. The number of hydrogen-bond acceptors (Lipinski definition) is 3. The predicted molar refractivity (Wildman–Crippen MR) is 128 cm³/mol. The van der Waals surface area contributed by atoms with Crippen LogP contribution in [0.4, 0.5) is 13.2 Å². The van der Waals surface area contributed by atoms with Gasteiger partial charge in [0.15, 0.2) is 0 Å². The summed E-state index contributed by atoms with van der Waals surface area (Å²) in [5.41, 5.74) is 6.99.